The first-order valence-electron chi connectivity index (χ1n) is 13.3. The van der Waals surface area contributed by atoms with Crippen molar-refractivity contribution in [2.45, 2.75) is 52.5 Å². The molecular weight excluding hydrogens is 448 g/mol. The summed E-state index contributed by atoms with van der Waals surface area (Å²) < 4.78 is 0. The van der Waals surface area contributed by atoms with Crippen LogP contribution in [0.25, 0.3) is 22.0 Å². The lowest BCUT2D eigenvalue weighted by Crippen LogP contribution is -2.18. The van der Waals surface area contributed by atoms with Crippen molar-refractivity contribution in [3.63, 3.8) is 0 Å². The van der Waals surface area contributed by atoms with E-state index < -0.39 is 0 Å². The van der Waals surface area contributed by atoms with E-state index in [1.807, 2.05) is 0 Å². The molecule has 0 aliphatic carbocycles. The maximum absolute atomic E-state index is 5.31. The molecule has 0 amide bonds. The van der Waals surface area contributed by atoms with Gasteiger partial charge in [0.15, 0.2) is 0 Å². The SMILES string of the molecule is Cc1cccc(C(C)C)c1NC(c1cccc(-c2cccc3ccccc23)n1)c1ccccc1C(C)C. The Bertz CT molecular complexity index is 1520. The van der Waals surface area contributed by atoms with Gasteiger partial charge in [-0.25, -0.2) is 0 Å². The van der Waals surface area contributed by atoms with Crippen LogP contribution in [0.5, 0.6) is 0 Å². The highest BCUT2D eigenvalue weighted by atomic mass is 15.0. The summed E-state index contributed by atoms with van der Waals surface area (Å²) in [7, 11) is 0. The van der Waals surface area contributed by atoms with Crippen LogP contribution in [-0.4, -0.2) is 4.98 Å². The van der Waals surface area contributed by atoms with Crippen molar-refractivity contribution < 1.29 is 0 Å². The minimum atomic E-state index is -0.0767. The summed E-state index contributed by atoms with van der Waals surface area (Å²) in [6.07, 6.45) is 0. The smallest absolute Gasteiger partial charge is 0.0943 e. The molecule has 1 unspecified atom stereocenters. The average Bonchev–Trinajstić information content (AvgIpc) is 2.92. The van der Waals surface area contributed by atoms with Gasteiger partial charge in [-0.1, -0.05) is 119 Å². The predicted octanol–water partition coefficient (Wildman–Crippen LogP) is 9.66. The van der Waals surface area contributed by atoms with Crippen molar-refractivity contribution in [2.75, 3.05) is 5.32 Å². The molecule has 5 aromatic rings. The predicted molar refractivity (Wildman–Crippen MR) is 158 cm³/mol. The molecule has 1 aromatic heterocycles. The molecule has 0 saturated carbocycles. The molecule has 0 bridgehead atoms. The number of hydrogen-bond donors (Lipinski definition) is 1. The number of pyridine rings is 1. The summed E-state index contributed by atoms with van der Waals surface area (Å²) in [5, 5.41) is 6.43. The first-order chi connectivity index (χ1) is 17.9. The third-order valence-electron chi connectivity index (χ3n) is 7.28. The second-order valence-electron chi connectivity index (χ2n) is 10.5. The van der Waals surface area contributed by atoms with Gasteiger partial charge in [0.05, 0.1) is 17.4 Å². The molecule has 0 radical (unpaired) electrons. The fraction of sp³-hybridized carbons (Fsp3) is 0.229. The molecule has 1 heterocycles. The number of para-hydroxylation sites is 1. The maximum Gasteiger partial charge on any atom is 0.0943 e. The molecule has 1 N–H and O–H groups in total. The molecule has 37 heavy (non-hydrogen) atoms. The van der Waals surface area contributed by atoms with Gasteiger partial charge in [-0.15, -0.1) is 0 Å². The van der Waals surface area contributed by atoms with Crippen LogP contribution in [0.2, 0.25) is 0 Å². The molecular formula is C35H36N2. The van der Waals surface area contributed by atoms with Gasteiger partial charge in [-0.3, -0.25) is 4.98 Å². The van der Waals surface area contributed by atoms with E-state index in [2.05, 4.69) is 143 Å². The number of hydrogen-bond acceptors (Lipinski definition) is 2. The summed E-state index contributed by atoms with van der Waals surface area (Å²) in [5.41, 5.74) is 9.59. The molecule has 1 atom stereocenters. The quantitative estimate of drug-likeness (QED) is 0.249. The maximum atomic E-state index is 5.31. The van der Waals surface area contributed by atoms with Gasteiger partial charge in [0.2, 0.25) is 0 Å². The van der Waals surface area contributed by atoms with Crippen molar-refractivity contribution in [1.82, 2.24) is 4.98 Å². The van der Waals surface area contributed by atoms with Crippen molar-refractivity contribution in [1.29, 1.82) is 0 Å². The molecule has 4 aromatic carbocycles. The highest BCUT2D eigenvalue weighted by molar-refractivity contribution is 5.95. The number of benzene rings is 4. The second-order valence-corrected chi connectivity index (χ2v) is 10.5. The van der Waals surface area contributed by atoms with Crippen molar-refractivity contribution in [2.24, 2.45) is 0 Å². The van der Waals surface area contributed by atoms with E-state index in [4.69, 9.17) is 4.98 Å². The van der Waals surface area contributed by atoms with E-state index in [0.29, 0.717) is 11.8 Å². The van der Waals surface area contributed by atoms with Crippen LogP contribution in [-0.2, 0) is 0 Å². The third kappa shape index (κ3) is 5.02. The molecule has 186 valence electrons. The van der Waals surface area contributed by atoms with Crippen molar-refractivity contribution in [3.05, 3.63) is 131 Å². The zero-order valence-corrected chi connectivity index (χ0v) is 22.5. The van der Waals surface area contributed by atoms with E-state index in [1.54, 1.807) is 0 Å². The average molecular weight is 485 g/mol. The van der Waals surface area contributed by atoms with Gasteiger partial charge in [0.1, 0.15) is 0 Å². The minimum absolute atomic E-state index is 0.0767. The molecule has 2 heteroatoms. The third-order valence-corrected chi connectivity index (χ3v) is 7.28. The number of fused-ring (bicyclic) bond motifs is 1. The lowest BCUT2D eigenvalue weighted by atomic mass is 9.89. The Hall–Kier alpha value is -3.91. The minimum Gasteiger partial charge on any atom is -0.372 e. The molecule has 0 aliphatic rings. The Labute approximate surface area is 221 Å². The summed E-state index contributed by atoms with van der Waals surface area (Å²) in [4.78, 5) is 5.31. The van der Waals surface area contributed by atoms with Gasteiger partial charge >= 0.3 is 0 Å². The Balaban J connectivity index is 1.69. The number of aromatic nitrogens is 1. The molecule has 0 aliphatic heterocycles. The number of nitrogens with one attached hydrogen (secondary N) is 1. The summed E-state index contributed by atoms with van der Waals surface area (Å²) in [5.74, 6) is 0.821. The lowest BCUT2D eigenvalue weighted by Gasteiger charge is -2.27. The first kappa shape index (κ1) is 24.8. The Morgan fingerprint density at radius 1 is 0.595 bits per heavy atom. The fourth-order valence-electron chi connectivity index (χ4n) is 5.33. The summed E-state index contributed by atoms with van der Waals surface area (Å²) in [6.45, 7) is 11.2. The van der Waals surface area contributed by atoms with E-state index in [9.17, 15) is 0 Å². The second kappa shape index (κ2) is 10.6. The molecule has 0 saturated heterocycles. The van der Waals surface area contributed by atoms with Crippen LogP contribution in [0.3, 0.4) is 0 Å². The molecule has 5 rings (SSSR count). The van der Waals surface area contributed by atoms with Crippen molar-refractivity contribution >= 4 is 16.5 Å². The Morgan fingerprint density at radius 3 is 2.00 bits per heavy atom. The monoisotopic (exact) mass is 484 g/mol. The summed E-state index contributed by atoms with van der Waals surface area (Å²) >= 11 is 0. The lowest BCUT2D eigenvalue weighted by molar-refractivity contribution is 0.798. The molecule has 2 nitrogen and oxygen atoms in total. The number of aryl methyl sites for hydroxylation is 1. The normalized spacial score (nSPS) is 12.3. The first-order valence-corrected chi connectivity index (χ1v) is 13.3. The van der Waals surface area contributed by atoms with Gasteiger partial charge in [0, 0.05) is 11.3 Å². The van der Waals surface area contributed by atoms with Crippen LogP contribution in [0.4, 0.5) is 5.69 Å². The van der Waals surface area contributed by atoms with Crippen LogP contribution in [0.15, 0.2) is 103 Å². The zero-order chi connectivity index (χ0) is 25.9. The van der Waals surface area contributed by atoms with Gasteiger partial charge < -0.3 is 5.32 Å². The van der Waals surface area contributed by atoms with Crippen molar-refractivity contribution in [3.8, 4) is 11.3 Å². The highest BCUT2D eigenvalue weighted by Crippen LogP contribution is 2.37. The number of nitrogens with zero attached hydrogens (tertiary/aromatic N) is 1. The fourth-order valence-corrected chi connectivity index (χ4v) is 5.33. The molecule has 0 spiro atoms. The number of rotatable bonds is 7. The summed E-state index contributed by atoms with van der Waals surface area (Å²) in [6, 6.07) is 36.8. The van der Waals surface area contributed by atoms with E-state index >= 15 is 0 Å². The van der Waals surface area contributed by atoms with Gasteiger partial charge in [-0.2, -0.15) is 0 Å². The van der Waals surface area contributed by atoms with Crippen LogP contribution >= 0.6 is 0 Å². The van der Waals surface area contributed by atoms with E-state index in [1.165, 1.54) is 38.7 Å². The van der Waals surface area contributed by atoms with Crippen LogP contribution in [0, 0.1) is 6.92 Å². The number of anilines is 1. The highest BCUT2D eigenvalue weighted by Gasteiger charge is 2.23. The van der Waals surface area contributed by atoms with E-state index in [-0.39, 0.29) is 6.04 Å². The van der Waals surface area contributed by atoms with E-state index in [0.717, 1.165) is 17.0 Å². The topological polar surface area (TPSA) is 24.9 Å². The van der Waals surface area contributed by atoms with Gasteiger partial charge in [-0.05, 0) is 63.9 Å². The van der Waals surface area contributed by atoms with Crippen LogP contribution < -0.4 is 5.32 Å². The van der Waals surface area contributed by atoms with Gasteiger partial charge in [0.25, 0.3) is 0 Å². The van der Waals surface area contributed by atoms with Crippen LogP contribution in [0.1, 0.15) is 73.5 Å². The molecule has 0 fully saturated rings. The Kier molecular flexibility index (Phi) is 7.10. The zero-order valence-electron chi connectivity index (χ0n) is 22.5. The largest absolute Gasteiger partial charge is 0.372 e. The standard InChI is InChI=1S/C35H36N2/c1-23(2)27-16-8-9-18-31(27)35(37-34-25(5)13-10-19-28(34)24(3)4)33-22-12-21-32(36-33)30-20-11-15-26-14-6-7-17-29(26)30/h6-24,35,37H,1-5H3. The Morgan fingerprint density at radius 2 is 1.22 bits per heavy atom.